The zero-order valence-corrected chi connectivity index (χ0v) is 8.59. The fourth-order valence-electron chi connectivity index (χ4n) is 1.33. The van der Waals surface area contributed by atoms with Gasteiger partial charge in [-0.15, -0.1) is 0 Å². The molecule has 1 aromatic rings. The Morgan fingerprint density at radius 3 is 2.60 bits per heavy atom. The molecule has 0 aromatic heterocycles. The van der Waals surface area contributed by atoms with Gasteiger partial charge in [0, 0.05) is 25.1 Å². The van der Waals surface area contributed by atoms with E-state index >= 15 is 0 Å². The predicted octanol–water partition coefficient (Wildman–Crippen LogP) is 2.60. The highest BCUT2D eigenvalue weighted by Crippen LogP contribution is 2.18. The molecular weight excluding hydrogens is 186 g/mol. The lowest BCUT2D eigenvalue weighted by Crippen LogP contribution is -2.06. The van der Waals surface area contributed by atoms with Gasteiger partial charge in [-0.05, 0) is 36.4 Å². The molecule has 15 heavy (non-hydrogen) atoms. The van der Waals surface area contributed by atoms with Crippen LogP contribution < -0.4 is 10.3 Å². The van der Waals surface area contributed by atoms with Gasteiger partial charge in [0.2, 0.25) is 0 Å². The maximum absolute atomic E-state index is 4.26. The predicted molar refractivity (Wildman–Crippen MR) is 65.2 cm³/mol. The van der Waals surface area contributed by atoms with E-state index < -0.39 is 0 Å². The van der Waals surface area contributed by atoms with Crippen molar-refractivity contribution in [1.82, 2.24) is 0 Å². The minimum atomic E-state index is 1.05. The van der Waals surface area contributed by atoms with Crippen LogP contribution in [0.3, 0.4) is 0 Å². The standard InChI is InChI=1S/C12H13N3/c1-13-11-5-7-12(8-6-11)15-10-4-2-3-9-14-15/h2-10,13H,1H3. The Morgan fingerprint density at radius 1 is 1.07 bits per heavy atom. The lowest BCUT2D eigenvalue weighted by atomic mass is 10.3. The van der Waals surface area contributed by atoms with E-state index in [-0.39, 0.29) is 0 Å². The molecule has 76 valence electrons. The average molecular weight is 199 g/mol. The number of hydrogen-bond donors (Lipinski definition) is 1. The number of anilines is 2. The summed E-state index contributed by atoms with van der Waals surface area (Å²) in [4.78, 5) is 0. The average Bonchev–Trinajstić information content (AvgIpc) is 2.58. The van der Waals surface area contributed by atoms with Gasteiger partial charge >= 0.3 is 0 Å². The number of benzene rings is 1. The number of hydrogen-bond acceptors (Lipinski definition) is 3. The van der Waals surface area contributed by atoms with Crippen molar-refractivity contribution in [3.05, 3.63) is 48.7 Å². The quantitative estimate of drug-likeness (QED) is 0.792. The normalized spacial score (nSPS) is 14.1. The van der Waals surface area contributed by atoms with E-state index in [1.807, 2.05) is 60.8 Å². The van der Waals surface area contributed by atoms with Gasteiger partial charge in [-0.3, -0.25) is 0 Å². The number of nitrogens with one attached hydrogen (secondary N) is 1. The molecule has 1 aromatic carbocycles. The fraction of sp³-hybridized carbons (Fsp3) is 0.0833. The molecule has 1 aliphatic heterocycles. The molecule has 0 aliphatic carbocycles. The second-order valence-corrected chi connectivity index (χ2v) is 3.13. The van der Waals surface area contributed by atoms with Gasteiger partial charge in [-0.2, -0.15) is 5.10 Å². The van der Waals surface area contributed by atoms with Gasteiger partial charge < -0.3 is 5.32 Å². The van der Waals surface area contributed by atoms with E-state index in [2.05, 4.69) is 10.4 Å². The topological polar surface area (TPSA) is 27.6 Å². The highest BCUT2D eigenvalue weighted by Gasteiger charge is 2.00. The molecule has 0 spiro atoms. The highest BCUT2D eigenvalue weighted by molar-refractivity contribution is 5.74. The van der Waals surface area contributed by atoms with Crippen LogP contribution in [0.15, 0.2) is 53.8 Å². The Morgan fingerprint density at radius 2 is 1.87 bits per heavy atom. The van der Waals surface area contributed by atoms with Crippen LogP contribution in [-0.2, 0) is 0 Å². The van der Waals surface area contributed by atoms with Gasteiger partial charge in [0.15, 0.2) is 0 Å². The van der Waals surface area contributed by atoms with Gasteiger partial charge in [0.25, 0.3) is 0 Å². The maximum atomic E-state index is 4.26. The first-order valence-corrected chi connectivity index (χ1v) is 4.84. The summed E-state index contributed by atoms with van der Waals surface area (Å²) < 4.78 is 0. The SMILES string of the molecule is CNc1ccc(N2C=CC=CC=N2)cc1. The van der Waals surface area contributed by atoms with E-state index in [1.165, 1.54) is 0 Å². The van der Waals surface area contributed by atoms with Crippen LogP contribution in [0.5, 0.6) is 0 Å². The monoisotopic (exact) mass is 199 g/mol. The van der Waals surface area contributed by atoms with Crippen LogP contribution in [0.1, 0.15) is 0 Å². The van der Waals surface area contributed by atoms with Crippen molar-refractivity contribution in [2.75, 3.05) is 17.4 Å². The van der Waals surface area contributed by atoms with E-state index in [1.54, 1.807) is 6.21 Å². The summed E-state index contributed by atoms with van der Waals surface area (Å²) in [5.41, 5.74) is 2.14. The minimum absolute atomic E-state index is 1.05. The van der Waals surface area contributed by atoms with Crippen LogP contribution in [0, 0.1) is 0 Å². The second-order valence-electron chi connectivity index (χ2n) is 3.13. The molecule has 2 rings (SSSR count). The van der Waals surface area contributed by atoms with Crippen molar-refractivity contribution >= 4 is 17.6 Å². The summed E-state index contributed by atoms with van der Waals surface area (Å²) in [7, 11) is 1.91. The number of rotatable bonds is 2. The molecule has 1 heterocycles. The van der Waals surface area contributed by atoms with E-state index in [9.17, 15) is 0 Å². The third-order valence-corrected chi connectivity index (χ3v) is 2.15. The molecule has 1 aliphatic rings. The van der Waals surface area contributed by atoms with Gasteiger partial charge in [0.05, 0.1) is 5.69 Å². The van der Waals surface area contributed by atoms with Crippen molar-refractivity contribution in [2.45, 2.75) is 0 Å². The second kappa shape index (κ2) is 4.46. The maximum Gasteiger partial charge on any atom is 0.0647 e. The number of hydrazone groups is 1. The molecule has 0 radical (unpaired) electrons. The minimum Gasteiger partial charge on any atom is -0.388 e. The molecule has 0 bridgehead atoms. The van der Waals surface area contributed by atoms with Crippen molar-refractivity contribution in [3.63, 3.8) is 0 Å². The fourth-order valence-corrected chi connectivity index (χ4v) is 1.33. The lowest BCUT2D eigenvalue weighted by molar-refractivity contribution is 1.09. The van der Waals surface area contributed by atoms with E-state index in [0.29, 0.717) is 0 Å². The molecule has 1 N–H and O–H groups in total. The Hall–Kier alpha value is -2.03. The smallest absolute Gasteiger partial charge is 0.0647 e. The van der Waals surface area contributed by atoms with Crippen LogP contribution in [0.2, 0.25) is 0 Å². The Labute approximate surface area is 89.4 Å². The first kappa shape index (κ1) is 9.52. The third-order valence-electron chi connectivity index (χ3n) is 2.15. The van der Waals surface area contributed by atoms with Gasteiger partial charge in [-0.1, -0.05) is 6.08 Å². The van der Waals surface area contributed by atoms with Crippen LogP contribution in [0.4, 0.5) is 11.4 Å². The van der Waals surface area contributed by atoms with E-state index in [4.69, 9.17) is 0 Å². The number of allylic oxidation sites excluding steroid dienone is 3. The summed E-state index contributed by atoms with van der Waals surface area (Å²) in [6, 6.07) is 8.10. The zero-order valence-electron chi connectivity index (χ0n) is 8.59. The molecule has 0 atom stereocenters. The molecule has 0 saturated carbocycles. The highest BCUT2D eigenvalue weighted by atomic mass is 15.4. The molecule has 3 heteroatoms. The van der Waals surface area contributed by atoms with Gasteiger partial charge in [0.1, 0.15) is 0 Å². The molecular formula is C12H13N3. The van der Waals surface area contributed by atoms with Crippen molar-refractivity contribution in [1.29, 1.82) is 0 Å². The molecule has 3 nitrogen and oxygen atoms in total. The summed E-state index contributed by atoms with van der Waals surface area (Å²) in [6.07, 6.45) is 9.50. The summed E-state index contributed by atoms with van der Waals surface area (Å²) in [6.45, 7) is 0. The van der Waals surface area contributed by atoms with Crippen LogP contribution in [-0.4, -0.2) is 13.3 Å². The molecule has 0 fully saturated rings. The molecule has 0 saturated heterocycles. The van der Waals surface area contributed by atoms with Crippen molar-refractivity contribution in [3.8, 4) is 0 Å². The summed E-state index contributed by atoms with van der Waals surface area (Å²) in [5.74, 6) is 0. The van der Waals surface area contributed by atoms with Crippen molar-refractivity contribution in [2.24, 2.45) is 5.10 Å². The van der Waals surface area contributed by atoms with E-state index in [0.717, 1.165) is 11.4 Å². The molecule has 0 amide bonds. The summed E-state index contributed by atoms with van der Waals surface area (Å²) in [5, 5.41) is 9.18. The Balaban J connectivity index is 2.22. The first-order chi connectivity index (χ1) is 7.40. The lowest BCUT2D eigenvalue weighted by Gasteiger charge is -2.13. The number of nitrogens with zero attached hydrogens (tertiary/aromatic N) is 2. The largest absolute Gasteiger partial charge is 0.388 e. The molecule has 0 unspecified atom stereocenters. The Kier molecular flexibility index (Phi) is 2.83. The van der Waals surface area contributed by atoms with Crippen LogP contribution in [0.25, 0.3) is 0 Å². The van der Waals surface area contributed by atoms with Crippen molar-refractivity contribution < 1.29 is 0 Å². The summed E-state index contributed by atoms with van der Waals surface area (Å²) >= 11 is 0. The van der Waals surface area contributed by atoms with Crippen LogP contribution >= 0.6 is 0 Å². The van der Waals surface area contributed by atoms with Gasteiger partial charge in [-0.25, -0.2) is 5.01 Å². The zero-order chi connectivity index (χ0) is 10.5. The Bertz CT molecular complexity index is 385. The third kappa shape index (κ3) is 2.26. The first-order valence-electron chi connectivity index (χ1n) is 4.84.